The van der Waals surface area contributed by atoms with E-state index in [2.05, 4.69) is 5.73 Å². The third-order valence-electron chi connectivity index (χ3n) is 1.11. The van der Waals surface area contributed by atoms with Crippen molar-refractivity contribution in [2.24, 2.45) is 5.73 Å². The van der Waals surface area contributed by atoms with E-state index in [-0.39, 0.29) is 6.10 Å². The standard InChI is InChI=1S/C9H12O.CH5N/c1-8(2)10-9-6-4-3-5-7-9;1-2/h3-8H,1-2H3;2H2,1H3. The van der Waals surface area contributed by atoms with Crippen molar-refractivity contribution >= 4 is 0 Å². The zero-order valence-corrected chi connectivity index (χ0v) is 7.95. The summed E-state index contributed by atoms with van der Waals surface area (Å²) in [5, 5.41) is 0. The number of ether oxygens (including phenoxy) is 1. The first-order chi connectivity index (χ1) is 5.79. The molecule has 0 atom stereocenters. The van der Waals surface area contributed by atoms with Gasteiger partial charge in [0.05, 0.1) is 6.10 Å². The maximum Gasteiger partial charge on any atom is 0.119 e. The highest BCUT2D eigenvalue weighted by Gasteiger charge is 1.92. The van der Waals surface area contributed by atoms with Crippen LogP contribution >= 0.6 is 0 Å². The van der Waals surface area contributed by atoms with Crippen LogP contribution in [0.5, 0.6) is 5.75 Å². The third-order valence-corrected chi connectivity index (χ3v) is 1.11. The number of para-hydroxylation sites is 1. The van der Waals surface area contributed by atoms with Crippen molar-refractivity contribution in [3.63, 3.8) is 0 Å². The molecule has 1 rings (SSSR count). The summed E-state index contributed by atoms with van der Waals surface area (Å²) >= 11 is 0. The summed E-state index contributed by atoms with van der Waals surface area (Å²) in [7, 11) is 1.50. The van der Waals surface area contributed by atoms with Gasteiger partial charge in [-0.1, -0.05) is 18.2 Å². The predicted molar refractivity (Wildman–Crippen MR) is 52.3 cm³/mol. The molecule has 0 fully saturated rings. The summed E-state index contributed by atoms with van der Waals surface area (Å²) < 4.78 is 5.41. The minimum atomic E-state index is 0.266. The number of hydrogen-bond donors (Lipinski definition) is 1. The zero-order valence-electron chi connectivity index (χ0n) is 7.95. The Hall–Kier alpha value is -1.02. The largest absolute Gasteiger partial charge is 0.491 e. The molecule has 0 saturated heterocycles. The molecule has 0 radical (unpaired) electrons. The van der Waals surface area contributed by atoms with Crippen molar-refractivity contribution in [3.05, 3.63) is 30.3 Å². The van der Waals surface area contributed by atoms with Gasteiger partial charge in [0.2, 0.25) is 0 Å². The van der Waals surface area contributed by atoms with Crippen molar-refractivity contribution in [1.29, 1.82) is 0 Å². The molecule has 0 aliphatic carbocycles. The van der Waals surface area contributed by atoms with Crippen LogP contribution in [0, 0.1) is 0 Å². The quantitative estimate of drug-likeness (QED) is 0.731. The smallest absolute Gasteiger partial charge is 0.119 e. The van der Waals surface area contributed by atoms with Gasteiger partial charge >= 0.3 is 0 Å². The van der Waals surface area contributed by atoms with Crippen LogP contribution < -0.4 is 10.5 Å². The topological polar surface area (TPSA) is 35.2 Å². The summed E-state index contributed by atoms with van der Waals surface area (Å²) in [4.78, 5) is 0. The van der Waals surface area contributed by atoms with Gasteiger partial charge in [0.25, 0.3) is 0 Å². The minimum Gasteiger partial charge on any atom is -0.491 e. The van der Waals surface area contributed by atoms with Crippen molar-refractivity contribution < 1.29 is 4.74 Å². The van der Waals surface area contributed by atoms with E-state index in [4.69, 9.17) is 4.74 Å². The van der Waals surface area contributed by atoms with Crippen LogP contribution in [-0.2, 0) is 0 Å². The fourth-order valence-electron chi connectivity index (χ4n) is 0.771. The average Bonchev–Trinajstić information content (AvgIpc) is 2.08. The summed E-state index contributed by atoms with van der Waals surface area (Å²) in [6.45, 7) is 4.04. The van der Waals surface area contributed by atoms with E-state index >= 15 is 0 Å². The first kappa shape index (κ1) is 11.0. The van der Waals surface area contributed by atoms with Gasteiger partial charge in [0.15, 0.2) is 0 Å². The molecule has 12 heavy (non-hydrogen) atoms. The molecule has 2 heteroatoms. The van der Waals surface area contributed by atoms with Crippen LogP contribution in [0.25, 0.3) is 0 Å². The molecule has 0 aliphatic rings. The molecular formula is C10H17NO. The Bertz CT molecular complexity index is 184. The van der Waals surface area contributed by atoms with Gasteiger partial charge in [-0.15, -0.1) is 0 Å². The highest BCUT2D eigenvalue weighted by Crippen LogP contribution is 2.09. The highest BCUT2D eigenvalue weighted by molar-refractivity contribution is 5.20. The van der Waals surface area contributed by atoms with E-state index in [1.807, 2.05) is 44.2 Å². The van der Waals surface area contributed by atoms with E-state index in [1.165, 1.54) is 7.05 Å². The van der Waals surface area contributed by atoms with Crippen molar-refractivity contribution in [2.75, 3.05) is 7.05 Å². The van der Waals surface area contributed by atoms with Gasteiger partial charge < -0.3 is 10.5 Å². The lowest BCUT2D eigenvalue weighted by molar-refractivity contribution is 0.242. The van der Waals surface area contributed by atoms with Crippen molar-refractivity contribution in [1.82, 2.24) is 0 Å². The Morgan fingerprint density at radius 2 is 1.58 bits per heavy atom. The summed E-state index contributed by atoms with van der Waals surface area (Å²) in [6, 6.07) is 9.84. The Morgan fingerprint density at radius 1 is 1.08 bits per heavy atom. The van der Waals surface area contributed by atoms with Crippen LogP contribution in [0.4, 0.5) is 0 Å². The van der Waals surface area contributed by atoms with Gasteiger partial charge in [0.1, 0.15) is 5.75 Å². The lowest BCUT2D eigenvalue weighted by Crippen LogP contribution is -2.04. The summed E-state index contributed by atoms with van der Waals surface area (Å²) in [5.74, 6) is 0.942. The molecule has 0 bridgehead atoms. The molecule has 0 unspecified atom stereocenters. The van der Waals surface area contributed by atoms with Crippen LogP contribution in [0.2, 0.25) is 0 Å². The van der Waals surface area contributed by atoms with Gasteiger partial charge in [-0.25, -0.2) is 0 Å². The van der Waals surface area contributed by atoms with Crippen molar-refractivity contribution in [2.45, 2.75) is 20.0 Å². The molecule has 0 aromatic heterocycles. The zero-order chi connectivity index (χ0) is 9.40. The maximum atomic E-state index is 5.41. The lowest BCUT2D eigenvalue weighted by atomic mass is 10.3. The van der Waals surface area contributed by atoms with E-state index in [0.29, 0.717) is 0 Å². The van der Waals surface area contributed by atoms with E-state index in [1.54, 1.807) is 0 Å². The molecule has 2 nitrogen and oxygen atoms in total. The number of nitrogens with two attached hydrogens (primary N) is 1. The highest BCUT2D eigenvalue weighted by atomic mass is 16.5. The fraction of sp³-hybridized carbons (Fsp3) is 0.400. The van der Waals surface area contributed by atoms with E-state index in [0.717, 1.165) is 5.75 Å². The Labute approximate surface area is 74.4 Å². The minimum absolute atomic E-state index is 0.266. The molecule has 0 amide bonds. The molecule has 0 heterocycles. The molecule has 1 aromatic rings. The third kappa shape index (κ3) is 4.74. The molecule has 2 N–H and O–H groups in total. The van der Waals surface area contributed by atoms with Gasteiger partial charge in [-0.2, -0.15) is 0 Å². The fourth-order valence-corrected chi connectivity index (χ4v) is 0.771. The second-order valence-corrected chi connectivity index (χ2v) is 2.48. The van der Waals surface area contributed by atoms with Gasteiger partial charge in [0, 0.05) is 0 Å². The number of benzene rings is 1. The normalized spacial score (nSPS) is 8.75. The SMILES string of the molecule is CC(C)Oc1ccccc1.CN. The van der Waals surface area contributed by atoms with Crippen LogP contribution in [0.1, 0.15) is 13.8 Å². The molecule has 0 aliphatic heterocycles. The Balaban J connectivity index is 0.000000561. The van der Waals surface area contributed by atoms with Crippen LogP contribution in [0.3, 0.4) is 0 Å². The summed E-state index contributed by atoms with van der Waals surface area (Å²) in [6.07, 6.45) is 0.266. The second kappa shape index (κ2) is 6.68. The summed E-state index contributed by atoms with van der Waals surface area (Å²) in [5.41, 5.74) is 4.50. The lowest BCUT2D eigenvalue weighted by Gasteiger charge is -2.07. The van der Waals surface area contributed by atoms with E-state index < -0.39 is 0 Å². The Kier molecular flexibility index (Phi) is 6.11. The van der Waals surface area contributed by atoms with Gasteiger partial charge in [-0.05, 0) is 33.0 Å². The maximum absolute atomic E-state index is 5.41. The van der Waals surface area contributed by atoms with Crippen molar-refractivity contribution in [3.8, 4) is 5.75 Å². The molecule has 1 aromatic carbocycles. The molecular weight excluding hydrogens is 150 g/mol. The van der Waals surface area contributed by atoms with Gasteiger partial charge in [-0.3, -0.25) is 0 Å². The first-order valence-electron chi connectivity index (χ1n) is 4.08. The Morgan fingerprint density at radius 3 is 2.00 bits per heavy atom. The van der Waals surface area contributed by atoms with Crippen LogP contribution in [-0.4, -0.2) is 13.2 Å². The molecule has 68 valence electrons. The number of rotatable bonds is 2. The molecule has 0 saturated carbocycles. The number of hydrogen-bond acceptors (Lipinski definition) is 2. The predicted octanol–water partition coefficient (Wildman–Crippen LogP) is 2.05. The van der Waals surface area contributed by atoms with E-state index in [9.17, 15) is 0 Å². The average molecular weight is 167 g/mol. The monoisotopic (exact) mass is 167 g/mol. The van der Waals surface area contributed by atoms with Crippen LogP contribution in [0.15, 0.2) is 30.3 Å². The second-order valence-electron chi connectivity index (χ2n) is 2.48. The first-order valence-corrected chi connectivity index (χ1v) is 4.08. The molecule has 0 spiro atoms.